The van der Waals surface area contributed by atoms with E-state index in [9.17, 15) is 4.79 Å². The number of nitrogens with zero attached hydrogens (tertiary/aromatic N) is 3. The summed E-state index contributed by atoms with van der Waals surface area (Å²) in [4.78, 5) is 20.2. The van der Waals surface area contributed by atoms with Crippen molar-refractivity contribution in [3.05, 3.63) is 22.4 Å². The van der Waals surface area contributed by atoms with Crippen LogP contribution < -0.4 is 0 Å². The standard InChI is InChI=1S/C16H25N3OS/c1-17-8-10-18(11-9-17)13-14-4-6-19(7-5-14)16(20)15-3-2-12-21-15/h2-3,12,14H,4-11,13H2,1H3. The molecular weight excluding hydrogens is 282 g/mol. The first-order chi connectivity index (χ1) is 10.2. The molecule has 0 aromatic carbocycles. The summed E-state index contributed by atoms with van der Waals surface area (Å²) in [5.41, 5.74) is 0. The van der Waals surface area contributed by atoms with Gasteiger partial charge in [-0.25, -0.2) is 0 Å². The van der Waals surface area contributed by atoms with Crippen LogP contribution in [0.1, 0.15) is 22.5 Å². The molecule has 21 heavy (non-hydrogen) atoms. The van der Waals surface area contributed by atoms with Crippen molar-refractivity contribution in [2.75, 3.05) is 52.9 Å². The van der Waals surface area contributed by atoms with Gasteiger partial charge in [-0.2, -0.15) is 0 Å². The maximum Gasteiger partial charge on any atom is 0.263 e. The first-order valence-electron chi connectivity index (χ1n) is 7.96. The lowest BCUT2D eigenvalue weighted by molar-refractivity contribution is 0.0648. The first kappa shape index (κ1) is 15.0. The fourth-order valence-corrected chi connectivity index (χ4v) is 3.96. The zero-order chi connectivity index (χ0) is 14.7. The van der Waals surface area contributed by atoms with E-state index in [4.69, 9.17) is 0 Å². The number of piperazine rings is 1. The minimum atomic E-state index is 0.225. The summed E-state index contributed by atoms with van der Waals surface area (Å²) < 4.78 is 0. The minimum absolute atomic E-state index is 0.225. The molecule has 2 saturated heterocycles. The summed E-state index contributed by atoms with van der Waals surface area (Å²) in [5.74, 6) is 0.990. The summed E-state index contributed by atoms with van der Waals surface area (Å²) in [5, 5.41) is 1.98. The van der Waals surface area contributed by atoms with Gasteiger partial charge in [0.15, 0.2) is 0 Å². The maximum absolute atomic E-state index is 12.3. The number of hydrogen-bond donors (Lipinski definition) is 0. The Labute approximate surface area is 131 Å². The summed E-state index contributed by atoms with van der Waals surface area (Å²) >= 11 is 1.55. The van der Waals surface area contributed by atoms with Crippen molar-refractivity contribution in [1.82, 2.24) is 14.7 Å². The fraction of sp³-hybridized carbons (Fsp3) is 0.688. The number of piperidine rings is 1. The van der Waals surface area contributed by atoms with Crippen molar-refractivity contribution >= 4 is 17.2 Å². The number of thiophene rings is 1. The van der Waals surface area contributed by atoms with Gasteiger partial charge in [0, 0.05) is 45.8 Å². The Bertz CT molecular complexity index is 446. The number of rotatable bonds is 3. The van der Waals surface area contributed by atoms with Crippen molar-refractivity contribution in [3.8, 4) is 0 Å². The molecule has 0 atom stereocenters. The van der Waals surface area contributed by atoms with E-state index in [-0.39, 0.29) is 5.91 Å². The van der Waals surface area contributed by atoms with Crippen LogP contribution >= 0.6 is 11.3 Å². The second-order valence-electron chi connectivity index (χ2n) is 6.32. The number of amides is 1. The number of likely N-dealkylation sites (tertiary alicyclic amines) is 1. The lowest BCUT2D eigenvalue weighted by atomic mass is 9.95. The van der Waals surface area contributed by atoms with Gasteiger partial charge in [0.05, 0.1) is 4.88 Å². The fourth-order valence-electron chi connectivity index (χ4n) is 3.27. The van der Waals surface area contributed by atoms with E-state index < -0.39 is 0 Å². The molecule has 3 heterocycles. The molecular formula is C16H25N3OS. The van der Waals surface area contributed by atoms with E-state index in [1.807, 2.05) is 22.4 Å². The molecule has 0 saturated carbocycles. The van der Waals surface area contributed by atoms with Crippen LogP contribution in [0.15, 0.2) is 17.5 Å². The highest BCUT2D eigenvalue weighted by molar-refractivity contribution is 7.12. The number of carbonyl (C=O) groups is 1. The normalized spacial score (nSPS) is 22.6. The quantitative estimate of drug-likeness (QED) is 0.853. The van der Waals surface area contributed by atoms with E-state index in [0.29, 0.717) is 0 Å². The van der Waals surface area contributed by atoms with E-state index in [1.54, 1.807) is 11.3 Å². The predicted octanol–water partition coefficient (Wildman–Crippen LogP) is 1.85. The van der Waals surface area contributed by atoms with E-state index in [1.165, 1.54) is 32.7 Å². The smallest absolute Gasteiger partial charge is 0.263 e. The third-order valence-corrected chi connectivity index (χ3v) is 5.60. The molecule has 1 amide bonds. The molecule has 0 radical (unpaired) electrons. The largest absolute Gasteiger partial charge is 0.338 e. The molecule has 0 bridgehead atoms. The number of hydrogen-bond acceptors (Lipinski definition) is 4. The lowest BCUT2D eigenvalue weighted by Crippen LogP contribution is -2.47. The van der Waals surface area contributed by atoms with Crippen LogP contribution in [-0.4, -0.2) is 73.5 Å². The summed E-state index contributed by atoms with van der Waals surface area (Å²) in [7, 11) is 2.20. The van der Waals surface area contributed by atoms with Crippen molar-refractivity contribution in [2.24, 2.45) is 5.92 Å². The highest BCUT2D eigenvalue weighted by Crippen LogP contribution is 2.22. The van der Waals surface area contributed by atoms with Gasteiger partial charge >= 0.3 is 0 Å². The molecule has 2 fully saturated rings. The predicted molar refractivity (Wildman–Crippen MR) is 86.9 cm³/mol. The van der Waals surface area contributed by atoms with Crippen LogP contribution in [0, 0.1) is 5.92 Å². The Morgan fingerprint density at radius 2 is 1.90 bits per heavy atom. The molecule has 116 valence electrons. The van der Waals surface area contributed by atoms with Gasteiger partial charge in [-0.3, -0.25) is 4.79 Å². The Morgan fingerprint density at radius 3 is 2.52 bits per heavy atom. The van der Waals surface area contributed by atoms with Gasteiger partial charge in [-0.1, -0.05) is 6.07 Å². The topological polar surface area (TPSA) is 26.8 Å². The van der Waals surface area contributed by atoms with Crippen LogP contribution in [0.5, 0.6) is 0 Å². The average Bonchev–Trinajstić information content (AvgIpc) is 3.04. The molecule has 0 spiro atoms. The van der Waals surface area contributed by atoms with Crippen LogP contribution in [0.3, 0.4) is 0 Å². The Morgan fingerprint density at radius 1 is 1.19 bits per heavy atom. The van der Waals surface area contributed by atoms with Crippen LogP contribution in [-0.2, 0) is 0 Å². The van der Waals surface area contributed by atoms with Gasteiger partial charge in [0.2, 0.25) is 0 Å². The molecule has 0 unspecified atom stereocenters. The van der Waals surface area contributed by atoms with Gasteiger partial charge in [-0.15, -0.1) is 11.3 Å². The third kappa shape index (κ3) is 3.84. The van der Waals surface area contributed by atoms with Crippen molar-refractivity contribution in [1.29, 1.82) is 0 Å². The van der Waals surface area contributed by atoms with E-state index >= 15 is 0 Å². The Balaban J connectivity index is 1.44. The SMILES string of the molecule is CN1CCN(CC2CCN(C(=O)c3cccs3)CC2)CC1. The van der Waals surface area contributed by atoms with Crippen molar-refractivity contribution in [2.45, 2.75) is 12.8 Å². The first-order valence-corrected chi connectivity index (χ1v) is 8.84. The van der Waals surface area contributed by atoms with Gasteiger partial charge < -0.3 is 14.7 Å². The second kappa shape index (κ2) is 6.90. The second-order valence-corrected chi connectivity index (χ2v) is 7.26. The molecule has 4 nitrogen and oxygen atoms in total. The van der Waals surface area contributed by atoms with E-state index in [0.717, 1.165) is 36.7 Å². The van der Waals surface area contributed by atoms with E-state index in [2.05, 4.69) is 16.8 Å². The maximum atomic E-state index is 12.3. The van der Waals surface area contributed by atoms with Crippen molar-refractivity contribution in [3.63, 3.8) is 0 Å². The third-order valence-electron chi connectivity index (χ3n) is 4.75. The lowest BCUT2D eigenvalue weighted by Gasteiger charge is -2.37. The van der Waals surface area contributed by atoms with Gasteiger partial charge in [0.1, 0.15) is 0 Å². The van der Waals surface area contributed by atoms with Crippen LogP contribution in [0.4, 0.5) is 0 Å². The zero-order valence-corrected chi connectivity index (χ0v) is 13.6. The molecule has 0 N–H and O–H groups in total. The average molecular weight is 307 g/mol. The molecule has 2 aliphatic heterocycles. The van der Waals surface area contributed by atoms with Crippen LogP contribution in [0.2, 0.25) is 0 Å². The Hall–Kier alpha value is -0.910. The summed E-state index contributed by atoms with van der Waals surface area (Å²) in [6, 6.07) is 3.89. The highest BCUT2D eigenvalue weighted by Gasteiger charge is 2.26. The Kier molecular flexibility index (Phi) is 4.93. The molecule has 3 rings (SSSR count). The summed E-state index contributed by atoms with van der Waals surface area (Å²) in [6.07, 6.45) is 2.31. The molecule has 2 aliphatic rings. The van der Waals surface area contributed by atoms with Gasteiger partial charge in [-0.05, 0) is 37.3 Å². The molecule has 1 aromatic heterocycles. The van der Waals surface area contributed by atoms with Gasteiger partial charge in [0.25, 0.3) is 5.91 Å². The van der Waals surface area contributed by atoms with Crippen LogP contribution in [0.25, 0.3) is 0 Å². The highest BCUT2D eigenvalue weighted by atomic mass is 32.1. The number of likely N-dealkylation sites (N-methyl/N-ethyl adjacent to an activating group) is 1. The zero-order valence-electron chi connectivity index (χ0n) is 12.8. The van der Waals surface area contributed by atoms with Crippen molar-refractivity contribution < 1.29 is 4.79 Å². The summed E-state index contributed by atoms with van der Waals surface area (Å²) in [6.45, 7) is 7.85. The number of carbonyl (C=O) groups excluding carboxylic acids is 1. The molecule has 5 heteroatoms. The monoisotopic (exact) mass is 307 g/mol. The molecule has 1 aromatic rings. The molecule has 0 aliphatic carbocycles. The minimum Gasteiger partial charge on any atom is -0.338 e.